The zero-order valence-electron chi connectivity index (χ0n) is 24.6. The molecule has 1 aliphatic rings. The van der Waals surface area contributed by atoms with Crippen molar-refractivity contribution >= 4 is 82.0 Å². The molecule has 3 nitrogen and oxygen atoms in total. The van der Waals surface area contributed by atoms with Crippen LogP contribution in [0, 0.1) is 0 Å². The van der Waals surface area contributed by atoms with Crippen LogP contribution in [0.25, 0.3) is 104 Å². The predicted molar refractivity (Wildman–Crippen MR) is 189 cm³/mol. The molecule has 212 valence electrons. The first-order valence-corrected chi connectivity index (χ1v) is 15.9. The Balaban J connectivity index is 1.29. The van der Waals surface area contributed by atoms with Crippen molar-refractivity contribution in [3.05, 3.63) is 139 Å². The molecule has 0 bridgehead atoms. The molecule has 7 aromatic carbocycles. The molecule has 0 fully saturated rings. The minimum atomic E-state index is 0.906. The van der Waals surface area contributed by atoms with Crippen molar-refractivity contribution in [1.82, 2.24) is 4.40 Å². The third-order valence-electron chi connectivity index (χ3n) is 10.6. The van der Waals surface area contributed by atoms with E-state index < -0.39 is 0 Å². The third kappa shape index (κ3) is 2.68. The van der Waals surface area contributed by atoms with Gasteiger partial charge in [-0.3, -0.25) is 0 Å². The van der Waals surface area contributed by atoms with Crippen molar-refractivity contribution in [1.29, 1.82) is 0 Å². The van der Waals surface area contributed by atoms with Gasteiger partial charge in [-0.1, -0.05) is 91.0 Å². The molecule has 0 spiro atoms. The molecule has 1 aliphatic carbocycles. The van der Waals surface area contributed by atoms with Crippen molar-refractivity contribution in [2.24, 2.45) is 0 Å². The number of fused-ring (bicyclic) bond motifs is 17. The van der Waals surface area contributed by atoms with Gasteiger partial charge in [0.1, 0.15) is 11.2 Å². The molecule has 0 atom stereocenters. The topological polar surface area (TPSA) is 30.7 Å². The SMILES string of the molecule is c1ccc2c(c1)Cc1c(-c3cc4c5ccc6c7ccccc7oc6c5n5c4c(c3)c3ccc4c6ccccc6oc4c35)cccc1-2. The van der Waals surface area contributed by atoms with Crippen LogP contribution < -0.4 is 0 Å². The van der Waals surface area contributed by atoms with Gasteiger partial charge in [0, 0.05) is 43.1 Å². The average Bonchev–Trinajstić information content (AvgIpc) is 3.90. The van der Waals surface area contributed by atoms with E-state index in [1.165, 1.54) is 60.4 Å². The molecule has 0 amide bonds. The van der Waals surface area contributed by atoms with E-state index in [2.05, 4.69) is 120 Å². The van der Waals surface area contributed by atoms with Gasteiger partial charge in [-0.25, -0.2) is 0 Å². The van der Waals surface area contributed by atoms with Crippen molar-refractivity contribution in [3.8, 4) is 22.3 Å². The highest BCUT2D eigenvalue weighted by molar-refractivity contribution is 6.32. The number of furan rings is 2. The number of rotatable bonds is 1. The molecule has 0 aliphatic heterocycles. The van der Waals surface area contributed by atoms with Gasteiger partial charge in [-0.2, -0.15) is 0 Å². The number of nitrogens with zero attached hydrogens (tertiary/aromatic N) is 1. The Morgan fingerprint density at radius 1 is 0.413 bits per heavy atom. The lowest BCUT2D eigenvalue weighted by Crippen LogP contribution is -1.88. The second-order valence-corrected chi connectivity index (χ2v) is 12.8. The van der Waals surface area contributed by atoms with E-state index in [1.54, 1.807) is 0 Å². The largest absolute Gasteiger partial charge is 0.454 e. The highest BCUT2D eigenvalue weighted by atomic mass is 16.3. The fourth-order valence-electron chi connectivity index (χ4n) is 8.63. The average molecular weight is 586 g/mol. The Morgan fingerprint density at radius 3 is 1.63 bits per heavy atom. The second kappa shape index (κ2) is 7.96. The van der Waals surface area contributed by atoms with Crippen LogP contribution in [-0.4, -0.2) is 4.40 Å². The number of hydrogen-bond donors (Lipinski definition) is 0. The summed E-state index contributed by atoms with van der Waals surface area (Å²) in [5.74, 6) is 0. The fourth-order valence-corrected chi connectivity index (χ4v) is 8.63. The highest BCUT2D eigenvalue weighted by Crippen LogP contribution is 2.49. The van der Waals surface area contributed by atoms with Crippen LogP contribution in [0.15, 0.2) is 136 Å². The molecule has 0 saturated heterocycles. The van der Waals surface area contributed by atoms with Gasteiger partial charge in [0.05, 0.1) is 16.6 Å². The van der Waals surface area contributed by atoms with Crippen LogP contribution in [-0.2, 0) is 6.42 Å². The minimum absolute atomic E-state index is 0.906. The Kier molecular flexibility index (Phi) is 4.04. The molecule has 0 radical (unpaired) electrons. The monoisotopic (exact) mass is 585 g/mol. The number of hydrogen-bond acceptors (Lipinski definition) is 2. The summed E-state index contributed by atoms with van der Waals surface area (Å²) in [6.07, 6.45) is 0.951. The summed E-state index contributed by atoms with van der Waals surface area (Å²) in [6.45, 7) is 0. The Hall–Kier alpha value is -6.06. The van der Waals surface area contributed by atoms with E-state index in [0.717, 1.165) is 61.3 Å². The van der Waals surface area contributed by atoms with E-state index in [0.29, 0.717) is 0 Å². The molecule has 0 saturated carbocycles. The first kappa shape index (κ1) is 23.3. The summed E-state index contributed by atoms with van der Waals surface area (Å²) in [7, 11) is 0. The van der Waals surface area contributed by atoms with Crippen molar-refractivity contribution < 1.29 is 8.83 Å². The van der Waals surface area contributed by atoms with Crippen LogP contribution in [0.3, 0.4) is 0 Å². The normalized spacial score (nSPS) is 13.1. The lowest BCUT2D eigenvalue weighted by molar-refractivity contribution is 0.670. The summed E-state index contributed by atoms with van der Waals surface area (Å²) in [5, 5.41) is 9.40. The standard InChI is InChI=1S/C43H23NO2/c1-2-9-25-23(8-1)20-34-26(12-7-13-27(25)34)24-21-35-30-16-18-32-28-10-3-5-14-37(28)45-42(32)40(30)44-39(35)36(22-24)31-17-19-33-29-11-4-6-15-38(29)46-43(33)41(31)44/h1-19,21-22H,20H2. The Bertz CT molecular complexity index is 2960. The van der Waals surface area contributed by atoms with E-state index >= 15 is 0 Å². The summed E-state index contributed by atoms with van der Waals surface area (Å²) in [4.78, 5) is 0. The molecule has 3 heteroatoms. The first-order chi connectivity index (χ1) is 22.8. The second-order valence-electron chi connectivity index (χ2n) is 12.8. The summed E-state index contributed by atoms with van der Waals surface area (Å²) < 4.78 is 15.8. The van der Waals surface area contributed by atoms with E-state index in [4.69, 9.17) is 8.83 Å². The molecule has 0 unspecified atom stereocenters. The smallest absolute Gasteiger partial charge is 0.160 e. The number of para-hydroxylation sites is 2. The molecule has 11 aromatic rings. The number of benzene rings is 7. The first-order valence-electron chi connectivity index (χ1n) is 15.9. The van der Waals surface area contributed by atoms with Gasteiger partial charge in [-0.05, 0) is 76.2 Å². The Labute approximate surface area is 261 Å². The highest BCUT2D eigenvalue weighted by Gasteiger charge is 2.27. The maximum atomic E-state index is 6.71. The van der Waals surface area contributed by atoms with E-state index in [-0.39, 0.29) is 0 Å². The minimum Gasteiger partial charge on any atom is -0.454 e. The van der Waals surface area contributed by atoms with Crippen LogP contribution in [0.5, 0.6) is 0 Å². The maximum Gasteiger partial charge on any atom is 0.160 e. The van der Waals surface area contributed by atoms with Crippen molar-refractivity contribution in [2.75, 3.05) is 0 Å². The quantitative estimate of drug-likeness (QED) is 0.192. The zero-order valence-corrected chi connectivity index (χ0v) is 24.6. The van der Waals surface area contributed by atoms with Gasteiger partial charge in [0.15, 0.2) is 11.2 Å². The van der Waals surface area contributed by atoms with Gasteiger partial charge >= 0.3 is 0 Å². The molecule has 4 heterocycles. The van der Waals surface area contributed by atoms with Crippen LogP contribution >= 0.6 is 0 Å². The molecule has 4 aromatic heterocycles. The lowest BCUT2D eigenvalue weighted by atomic mass is 9.93. The van der Waals surface area contributed by atoms with Crippen LogP contribution in [0.1, 0.15) is 11.1 Å². The zero-order chi connectivity index (χ0) is 29.7. The summed E-state index contributed by atoms with van der Waals surface area (Å²) in [6, 6.07) is 46.2. The van der Waals surface area contributed by atoms with Gasteiger partial charge in [0.2, 0.25) is 0 Å². The maximum absolute atomic E-state index is 6.71. The lowest BCUT2D eigenvalue weighted by Gasteiger charge is -2.10. The molecular formula is C43H23NO2. The predicted octanol–water partition coefficient (Wildman–Crippen LogP) is 11.9. The van der Waals surface area contributed by atoms with Crippen molar-refractivity contribution in [2.45, 2.75) is 6.42 Å². The molecule has 46 heavy (non-hydrogen) atoms. The third-order valence-corrected chi connectivity index (χ3v) is 10.6. The van der Waals surface area contributed by atoms with Gasteiger partial charge < -0.3 is 13.2 Å². The fraction of sp³-hybridized carbons (Fsp3) is 0.0233. The molecular weight excluding hydrogens is 562 g/mol. The van der Waals surface area contributed by atoms with E-state index in [9.17, 15) is 0 Å². The van der Waals surface area contributed by atoms with Gasteiger partial charge in [0.25, 0.3) is 0 Å². The van der Waals surface area contributed by atoms with Crippen molar-refractivity contribution in [3.63, 3.8) is 0 Å². The summed E-state index contributed by atoms with van der Waals surface area (Å²) >= 11 is 0. The Morgan fingerprint density at radius 2 is 0.957 bits per heavy atom. The van der Waals surface area contributed by atoms with Crippen LogP contribution in [0.2, 0.25) is 0 Å². The van der Waals surface area contributed by atoms with Crippen LogP contribution in [0.4, 0.5) is 0 Å². The van der Waals surface area contributed by atoms with Gasteiger partial charge in [-0.15, -0.1) is 0 Å². The molecule has 0 N–H and O–H groups in total. The number of aromatic nitrogens is 1. The van der Waals surface area contributed by atoms with E-state index in [1.807, 2.05) is 12.1 Å². The summed E-state index contributed by atoms with van der Waals surface area (Å²) in [5.41, 5.74) is 15.1. The molecule has 12 rings (SSSR count).